The van der Waals surface area contributed by atoms with E-state index in [1.165, 1.54) is 0 Å². The molecule has 2 aliphatic heterocycles. The van der Waals surface area contributed by atoms with Crippen LogP contribution in [0.1, 0.15) is 12.0 Å². The molecule has 2 heterocycles. The van der Waals surface area contributed by atoms with Gasteiger partial charge in [-0.1, -0.05) is 11.6 Å². The summed E-state index contributed by atoms with van der Waals surface area (Å²) in [6.45, 7) is 5.38. The highest BCUT2D eigenvalue weighted by Crippen LogP contribution is 2.25. The smallest absolute Gasteiger partial charge is 0.228 e. The average molecular weight is 339 g/mol. The molecule has 1 aromatic carbocycles. The van der Waals surface area contributed by atoms with E-state index in [2.05, 4.69) is 4.90 Å². The summed E-state index contributed by atoms with van der Waals surface area (Å²) in [6.07, 6.45) is 0.860. The fraction of sp³-hybridized carbons (Fsp3) is 0.588. The van der Waals surface area contributed by atoms with Crippen molar-refractivity contribution in [3.05, 3.63) is 28.8 Å². The summed E-state index contributed by atoms with van der Waals surface area (Å²) in [4.78, 5) is 16.7. The molecule has 0 aliphatic carbocycles. The Bertz CT molecular complexity index is 553. The summed E-state index contributed by atoms with van der Waals surface area (Å²) in [6, 6.07) is 5.69. The monoisotopic (exact) mass is 338 g/mol. The van der Waals surface area contributed by atoms with Gasteiger partial charge in [0.05, 0.1) is 19.6 Å². The predicted octanol–water partition coefficient (Wildman–Crippen LogP) is 2.03. The summed E-state index contributed by atoms with van der Waals surface area (Å²) in [7, 11) is 1.67. The summed E-state index contributed by atoms with van der Waals surface area (Å²) in [5.41, 5.74) is 1.09. The van der Waals surface area contributed by atoms with Crippen LogP contribution >= 0.6 is 11.6 Å². The number of hydrogen-bond acceptors (Lipinski definition) is 4. The number of ether oxygens (including phenoxy) is 2. The number of amides is 1. The van der Waals surface area contributed by atoms with Gasteiger partial charge in [-0.3, -0.25) is 9.69 Å². The van der Waals surface area contributed by atoms with Crippen LogP contribution in [0.25, 0.3) is 0 Å². The molecular weight excluding hydrogens is 316 g/mol. The van der Waals surface area contributed by atoms with Crippen LogP contribution in [0.15, 0.2) is 18.2 Å². The van der Waals surface area contributed by atoms with Crippen LogP contribution in [0.4, 0.5) is 0 Å². The van der Waals surface area contributed by atoms with Crippen LogP contribution in [-0.4, -0.2) is 62.2 Å². The largest absolute Gasteiger partial charge is 0.496 e. The lowest BCUT2D eigenvalue weighted by Crippen LogP contribution is -2.50. The average Bonchev–Trinajstić information content (AvgIpc) is 3.10. The molecule has 5 nitrogen and oxygen atoms in total. The number of carbonyl (C=O) groups is 1. The highest BCUT2D eigenvalue weighted by molar-refractivity contribution is 6.30. The van der Waals surface area contributed by atoms with E-state index in [1.807, 2.05) is 23.1 Å². The fourth-order valence-corrected chi connectivity index (χ4v) is 3.42. The Hall–Kier alpha value is -1.30. The number of nitrogens with zero attached hydrogens (tertiary/aromatic N) is 2. The Labute approximate surface area is 142 Å². The van der Waals surface area contributed by atoms with Gasteiger partial charge in [0.25, 0.3) is 0 Å². The Morgan fingerprint density at radius 2 is 2.13 bits per heavy atom. The van der Waals surface area contributed by atoms with Crippen LogP contribution in [-0.2, 0) is 16.1 Å². The molecule has 126 valence electrons. The molecule has 0 aromatic heterocycles. The van der Waals surface area contributed by atoms with Gasteiger partial charge in [0.2, 0.25) is 5.91 Å². The van der Waals surface area contributed by atoms with E-state index >= 15 is 0 Å². The van der Waals surface area contributed by atoms with Crippen LogP contribution in [0.3, 0.4) is 0 Å². The minimum atomic E-state index is 0.0644. The third kappa shape index (κ3) is 3.97. The van der Waals surface area contributed by atoms with E-state index in [0.29, 0.717) is 13.2 Å². The van der Waals surface area contributed by atoms with Crippen molar-refractivity contribution in [2.45, 2.75) is 13.0 Å². The molecule has 23 heavy (non-hydrogen) atoms. The molecule has 2 aliphatic rings. The Morgan fingerprint density at radius 1 is 1.35 bits per heavy atom. The number of methoxy groups -OCH3 is 1. The molecule has 6 heteroatoms. The molecule has 1 atom stereocenters. The first-order valence-corrected chi connectivity index (χ1v) is 8.46. The van der Waals surface area contributed by atoms with Crippen LogP contribution in [0.5, 0.6) is 5.75 Å². The lowest BCUT2D eigenvalue weighted by Gasteiger charge is -2.36. The van der Waals surface area contributed by atoms with Crippen molar-refractivity contribution >= 4 is 17.5 Å². The van der Waals surface area contributed by atoms with E-state index in [1.54, 1.807) is 7.11 Å². The maximum atomic E-state index is 12.4. The summed E-state index contributed by atoms with van der Waals surface area (Å²) >= 11 is 6.09. The second-order valence-electron chi connectivity index (χ2n) is 6.12. The van der Waals surface area contributed by atoms with Gasteiger partial charge >= 0.3 is 0 Å². The van der Waals surface area contributed by atoms with Crippen LogP contribution in [0.2, 0.25) is 5.02 Å². The van der Waals surface area contributed by atoms with Crippen LogP contribution < -0.4 is 4.74 Å². The molecule has 0 radical (unpaired) electrons. The highest BCUT2D eigenvalue weighted by Gasteiger charge is 2.30. The zero-order valence-corrected chi connectivity index (χ0v) is 14.2. The molecule has 1 unspecified atom stereocenters. The van der Waals surface area contributed by atoms with Gasteiger partial charge in [-0.05, 0) is 24.6 Å². The predicted molar refractivity (Wildman–Crippen MR) is 88.8 cm³/mol. The molecule has 1 aromatic rings. The van der Waals surface area contributed by atoms with E-state index in [0.717, 1.165) is 55.5 Å². The van der Waals surface area contributed by atoms with Gasteiger partial charge in [0, 0.05) is 49.9 Å². The zero-order chi connectivity index (χ0) is 16.2. The van der Waals surface area contributed by atoms with E-state index in [-0.39, 0.29) is 11.8 Å². The Kier molecular flexibility index (Phi) is 5.41. The molecule has 3 rings (SSSR count). The van der Waals surface area contributed by atoms with Gasteiger partial charge in [-0.2, -0.15) is 0 Å². The zero-order valence-electron chi connectivity index (χ0n) is 13.5. The lowest BCUT2D eigenvalue weighted by atomic mass is 10.1. The molecule has 0 saturated carbocycles. The minimum Gasteiger partial charge on any atom is -0.496 e. The normalized spacial score (nSPS) is 22.3. The van der Waals surface area contributed by atoms with Crippen molar-refractivity contribution in [2.75, 3.05) is 46.5 Å². The number of carbonyl (C=O) groups excluding carboxylic acids is 1. The number of hydrogen-bond donors (Lipinski definition) is 0. The van der Waals surface area contributed by atoms with Gasteiger partial charge in [0.15, 0.2) is 0 Å². The number of benzene rings is 1. The SMILES string of the molecule is COc1ccc(Cl)cc1CN1CCN(C(=O)C2CCOC2)CC1. The van der Waals surface area contributed by atoms with E-state index in [4.69, 9.17) is 21.1 Å². The Balaban J connectivity index is 1.55. The first-order valence-electron chi connectivity index (χ1n) is 8.08. The Morgan fingerprint density at radius 3 is 2.78 bits per heavy atom. The van der Waals surface area contributed by atoms with E-state index in [9.17, 15) is 4.79 Å². The molecule has 0 N–H and O–H groups in total. The van der Waals surface area contributed by atoms with Gasteiger partial charge in [-0.25, -0.2) is 0 Å². The topological polar surface area (TPSA) is 42.0 Å². The molecule has 2 fully saturated rings. The number of halogens is 1. The summed E-state index contributed by atoms with van der Waals surface area (Å²) in [5, 5.41) is 0.718. The quantitative estimate of drug-likeness (QED) is 0.842. The van der Waals surface area contributed by atoms with Gasteiger partial charge < -0.3 is 14.4 Å². The highest BCUT2D eigenvalue weighted by atomic mass is 35.5. The number of piperazine rings is 1. The van der Waals surface area contributed by atoms with Crippen molar-refractivity contribution in [3.63, 3.8) is 0 Å². The fourth-order valence-electron chi connectivity index (χ4n) is 3.23. The minimum absolute atomic E-state index is 0.0644. The second kappa shape index (κ2) is 7.51. The van der Waals surface area contributed by atoms with Crippen molar-refractivity contribution in [2.24, 2.45) is 5.92 Å². The van der Waals surface area contributed by atoms with Crippen molar-refractivity contribution in [1.82, 2.24) is 9.80 Å². The molecule has 1 amide bonds. The maximum Gasteiger partial charge on any atom is 0.228 e. The maximum absolute atomic E-state index is 12.4. The summed E-state index contributed by atoms with van der Waals surface area (Å²) in [5.74, 6) is 1.17. The molecular formula is C17H23ClN2O3. The first kappa shape index (κ1) is 16.6. The number of rotatable bonds is 4. The standard InChI is InChI=1S/C17H23ClN2O3/c1-22-16-3-2-15(18)10-14(16)11-19-5-7-20(8-6-19)17(21)13-4-9-23-12-13/h2-3,10,13H,4-9,11-12H2,1H3. The van der Waals surface area contributed by atoms with Gasteiger partial charge in [-0.15, -0.1) is 0 Å². The second-order valence-corrected chi connectivity index (χ2v) is 6.55. The van der Waals surface area contributed by atoms with Gasteiger partial charge in [0.1, 0.15) is 5.75 Å². The third-order valence-electron chi connectivity index (χ3n) is 4.60. The molecule has 0 spiro atoms. The van der Waals surface area contributed by atoms with Crippen LogP contribution in [0, 0.1) is 5.92 Å². The molecule has 2 saturated heterocycles. The van der Waals surface area contributed by atoms with E-state index < -0.39 is 0 Å². The van der Waals surface area contributed by atoms with Crippen molar-refractivity contribution in [1.29, 1.82) is 0 Å². The van der Waals surface area contributed by atoms with Crippen molar-refractivity contribution in [3.8, 4) is 5.75 Å². The summed E-state index contributed by atoms with van der Waals surface area (Å²) < 4.78 is 10.7. The first-order chi connectivity index (χ1) is 11.2. The lowest BCUT2D eigenvalue weighted by molar-refractivity contribution is -0.137. The van der Waals surface area contributed by atoms with Crippen molar-refractivity contribution < 1.29 is 14.3 Å². The third-order valence-corrected chi connectivity index (χ3v) is 4.83. The molecule has 0 bridgehead atoms.